The molecule has 44 heavy (non-hydrogen) atoms. The van der Waals surface area contributed by atoms with Crippen molar-refractivity contribution in [3.63, 3.8) is 0 Å². The number of halogens is 2. The van der Waals surface area contributed by atoms with Crippen LogP contribution in [0.3, 0.4) is 0 Å². The van der Waals surface area contributed by atoms with Crippen molar-refractivity contribution in [2.24, 2.45) is 11.1 Å². The van der Waals surface area contributed by atoms with E-state index in [0.29, 0.717) is 44.8 Å². The molecule has 10 nitrogen and oxygen atoms in total. The van der Waals surface area contributed by atoms with Crippen LogP contribution in [-0.4, -0.2) is 82.1 Å². The molecule has 3 heterocycles. The van der Waals surface area contributed by atoms with Crippen molar-refractivity contribution in [1.29, 1.82) is 0 Å². The maximum atomic E-state index is 13.7. The van der Waals surface area contributed by atoms with E-state index in [1.54, 1.807) is 29.3 Å². The highest BCUT2D eigenvalue weighted by Gasteiger charge is 2.41. The van der Waals surface area contributed by atoms with Crippen LogP contribution in [0.25, 0.3) is 0 Å². The van der Waals surface area contributed by atoms with Crippen molar-refractivity contribution in [3.8, 4) is 0 Å². The molecule has 5 rings (SSSR count). The number of aromatic nitrogens is 1. The molecular formula is C31H37Cl2N5O5S. The summed E-state index contributed by atoms with van der Waals surface area (Å²) in [7, 11) is 0. The fourth-order valence-electron chi connectivity index (χ4n) is 6.78. The summed E-state index contributed by atoms with van der Waals surface area (Å²) in [6.45, 7) is 4.05. The van der Waals surface area contributed by atoms with Gasteiger partial charge in [0, 0.05) is 77.7 Å². The Morgan fingerprint density at radius 1 is 1.00 bits per heavy atom. The van der Waals surface area contributed by atoms with Gasteiger partial charge in [-0.1, -0.05) is 42.1 Å². The molecule has 0 radical (unpaired) electrons. The average Bonchev–Trinajstić information content (AvgIpc) is 3.69. The number of hydrogen-bond acceptors (Lipinski definition) is 8. The van der Waals surface area contributed by atoms with Crippen molar-refractivity contribution in [2.45, 2.75) is 50.9 Å². The number of rotatable bonds is 11. The SMILES string of the molecule is NCC1(CN2CCN(C(=O)CC3=C(C(=O)O)C(c4c(Cl)cccc4Cl)C(C(=O)O)=C(CCc4nccs4)N3)CC2)CCCC1. The highest BCUT2D eigenvalue weighted by molar-refractivity contribution is 7.09. The second-order valence-corrected chi connectivity index (χ2v) is 13.6. The molecule has 1 atom stereocenters. The van der Waals surface area contributed by atoms with Crippen LogP contribution in [0.1, 0.15) is 55.0 Å². The van der Waals surface area contributed by atoms with Gasteiger partial charge in [-0.15, -0.1) is 11.3 Å². The van der Waals surface area contributed by atoms with Crippen molar-refractivity contribution in [1.82, 2.24) is 20.1 Å². The van der Waals surface area contributed by atoms with E-state index in [1.165, 1.54) is 24.2 Å². The lowest BCUT2D eigenvalue weighted by Gasteiger charge is -2.40. The first-order valence-corrected chi connectivity index (χ1v) is 16.5. The topological polar surface area (TPSA) is 149 Å². The lowest BCUT2D eigenvalue weighted by molar-refractivity contribution is -0.133. The van der Waals surface area contributed by atoms with Gasteiger partial charge < -0.3 is 26.2 Å². The van der Waals surface area contributed by atoms with E-state index in [1.807, 2.05) is 5.38 Å². The van der Waals surface area contributed by atoms with Crippen LogP contribution in [0.5, 0.6) is 0 Å². The molecule has 2 fully saturated rings. The van der Waals surface area contributed by atoms with Crippen LogP contribution >= 0.6 is 34.5 Å². The van der Waals surface area contributed by atoms with Gasteiger partial charge in [-0.25, -0.2) is 14.6 Å². The molecule has 1 unspecified atom stereocenters. The van der Waals surface area contributed by atoms with Crippen molar-refractivity contribution < 1.29 is 24.6 Å². The molecule has 2 aromatic rings. The Kier molecular flexibility index (Phi) is 10.3. The average molecular weight is 663 g/mol. The minimum atomic E-state index is -1.35. The second kappa shape index (κ2) is 14.0. The minimum Gasteiger partial charge on any atom is -0.478 e. The highest BCUT2D eigenvalue weighted by Crippen LogP contribution is 2.45. The van der Waals surface area contributed by atoms with Gasteiger partial charge in [0.15, 0.2) is 0 Å². The van der Waals surface area contributed by atoms with E-state index in [4.69, 9.17) is 28.9 Å². The summed E-state index contributed by atoms with van der Waals surface area (Å²) in [5.74, 6) is -4.18. The molecule has 0 spiro atoms. The lowest BCUT2D eigenvalue weighted by atomic mass is 9.79. The summed E-state index contributed by atoms with van der Waals surface area (Å²) >= 11 is 14.5. The van der Waals surface area contributed by atoms with Gasteiger partial charge >= 0.3 is 11.9 Å². The molecule has 1 aliphatic carbocycles. The summed E-state index contributed by atoms with van der Waals surface area (Å²) in [6.07, 6.45) is 6.77. The Bertz CT molecular complexity index is 1440. The largest absolute Gasteiger partial charge is 0.478 e. The maximum absolute atomic E-state index is 13.7. The number of nitrogens with one attached hydrogen (secondary N) is 1. The Labute approximate surface area is 270 Å². The normalized spacial score (nSPS) is 20.6. The number of carboxylic acid groups (broad SMARTS) is 2. The van der Waals surface area contributed by atoms with Gasteiger partial charge in [-0.3, -0.25) is 9.69 Å². The Morgan fingerprint density at radius 3 is 2.20 bits per heavy atom. The van der Waals surface area contributed by atoms with Gasteiger partial charge in [0.1, 0.15) is 0 Å². The predicted molar refractivity (Wildman–Crippen MR) is 170 cm³/mol. The molecule has 5 N–H and O–H groups in total. The first kappa shape index (κ1) is 32.4. The molecule has 236 valence electrons. The number of piperazine rings is 1. The smallest absolute Gasteiger partial charge is 0.334 e. The molecule has 1 aromatic heterocycles. The number of aliphatic carboxylic acids is 2. The number of amides is 1. The number of carboxylic acids is 2. The van der Waals surface area contributed by atoms with Crippen molar-refractivity contribution >= 4 is 52.4 Å². The summed E-state index contributed by atoms with van der Waals surface area (Å²) in [5, 5.41) is 26.9. The van der Waals surface area contributed by atoms with E-state index < -0.39 is 17.9 Å². The number of aryl methyl sites for hydroxylation is 1. The summed E-state index contributed by atoms with van der Waals surface area (Å²) in [6, 6.07) is 4.70. The third kappa shape index (κ3) is 6.97. The molecule has 3 aliphatic rings. The number of dihydropyridines is 1. The highest BCUT2D eigenvalue weighted by atomic mass is 35.5. The molecule has 13 heteroatoms. The standard InChI is InChI=1S/C31H37Cl2N5O5S/c32-19-4-3-5-20(33)25(19)28-26(29(40)41)21(6-7-23-35-10-15-44-23)36-22(27(28)30(42)43)16-24(39)38-13-11-37(12-14-38)18-31(17-34)8-1-2-9-31/h3-5,10,15,28,36H,1-2,6-9,11-14,16-18,34H2,(H,40,41)(H,42,43). The fourth-order valence-corrected chi connectivity index (χ4v) is 8.02. The van der Waals surface area contributed by atoms with Gasteiger partial charge in [-0.05, 0) is 43.4 Å². The minimum absolute atomic E-state index is 0.137. The summed E-state index contributed by atoms with van der Waals surface area (Å²) in [5.41, 5.74) is 6.50. The van der Waals surface area contributed by atoms with Crippen LogP contribution < -0.4 is 11.1 Å². The van der Waals surface area contributed by atoms with Crippen LogP contribution in [0.4, 0.5) is 0 Å². The second-order valence-electron chi connectivity index (χ2n) is 11.8. The molecule has 1 saturated heterocycles. The number of carbonyl (C=O) groups excluding carboxylic acids is 1. The van der Waals surface area contributed by atoms with Crippen molar-refractivity contribution in [3.05, 3.63) is 72.9 Å². The number of allylic oxidation sites excluding steroid dienone is 1. The first-order chi connectivity index (χ1) is 21.1. The number of hydrogen-bond donors (Lipinski definition) is 4. The Morgan fingerprint density at radius 2 is 1.64 bits per heavy atom. The molecule has 1 aromatic carbocycles. The Hall–Kier alpha value is -2.96. The third-order valence-corrected chi connectivity index (χ3v) is 10.6. The van der Waals surface area contributed by atoms with Gasteiger partial charge in [0.2, 0.25) is 5.91 Å². The number of benzene rings is 1. The van der Waals surface area contributed by atoms with E-state index in [2.05, 4.69) is 15.2 Å². The number of nitrogens with zero attached hydrogens (tertiary/aromatic N) is 3. The fraction of sp³-hybridized carbons (Fsp3) is 0.484. The lowest BCUT2D eigenvalue weighted by Crippen LogP contribution is -2.52. The summed E-state index contributed by atoms with van der Waals surface area (Å²) in [4.78, 5) is 47.7. The van der Waals surface area contributed by atoms with Crippen LogP contribution in [-0.2, 0) is 20.8 Å². The summed E-state index contributed by atoms with van der Waals surface area (Å²) < 4.78 is 0. The molecule has 1 amide bonds. The van der Waals surface area contributed by atoms with E-state index in [0.717, 1.165) is 24.4 Å². The van der Waals surface area contributed by atoms with Gasteiger partial charge in [0.25, 0.3) is 0 Å². The van der Waals surface area contributed by atoms with Crippen molar-refractivity contribution in [2.75, 3.05) is 39.3 Å². The molecule has 1 saturated carbocycles. The zero-order valence-corrected chi connectivity index (χ0v) is 26.7. The van der Waals surface area contributed by atoms with Crippen LogP contribution in [0.2, 0.25) is 10.0 Å². The quantitative estimate of drug-likeness (QED) is 0.273. The molecular weight excluding hydrogens is 625 g/mol. The van der Waals surface area contributed by atoms with E-state index >= 15 is 0 Å². The zero-order chi connectivity index (χ0) is 31.4. The van der Waals surface area contributed by atoms with Gasteiger partial charge in [-0.2, -0.15) is 0 Å². The predicted octanol–water partition coefficient (Wildman–Crippen LogP) is 4.50. The molecule has 0 bridgehead atoms. The Balaban J connectivity index is 1.43. The third-order valence-electron chi connectivity index (χ3n) is 9.06. The monoisotopic (exact) mass is 661 g/mol. The molecule has 2 aliphatic heterocycles. The van der Waals surface area contributed by atoms with Gasteiger partial charge in [0.05, 0.1) is 28.5 Å². The maximum Gasteiger partial charge on any atom is 0.334 e. The zero-order valence-electron chi connectivity index (χ0n) is 24.4. The number of nitrogens with two attached hydrogens (primary N) is 1. The first-order valence-electron chi connectivity index (χ1n) is 14.8. The van der Waals surface area contributed by atoms with Crippen LogP contribution in [0, 0.1) is 5.41 Å². The van der Waals surface area contributed by atoms with E-state index in [-0.39, 0.29) is 56.6 Å². The number of thiazole rings is 1. The van der Waals surface area contributed by atoms with E-state index in [9.17, 15) is 24.6 Å². The number of carbonyl (C=O) groups is 3. The van der Waals surface area contributed by atoms with Crippen LogP contribution in [0.15, 0.2) is 52.3 Å².